The molecule has 0 unspecified atom stereocenters. The van der Waals surface area contributed by atoms with Gasteiger partial charge in [0.25, 0.3) is 5.91 Å². The Morgan fingerprint density at radius 3 is 2.54 bits per heavy atom. The second kappa shape index (κ2) is 12.9. The van der Waals surface area contributed by atoms with Gasteiger partial charge < -0.3 is 29.1 Å². The first-order valence-electron chi connectivity index (χ1n) is 16.9. The normalized spacial score (nSPS) is 14.8. The van der Waals surface area contributed by atoms with Crippen LogP contribution in [0.15, 0.2) is 66.9 Å². The van der Waals surface area contributed by atoms with Crippen LogP contribution >= 0.6 is 0 Å². The highest BCUT2D eigenvalue weighted by molar-refractivity contribution is 6.01. The summed E-state index contributed by atoms with van der Waals surface area (Å²) in [5, 5.41) is 4.41. The van der Waals surface area contributed by atoms with Crippen molar-refractivity contribution in [1.82, 2.24) is 19.9 Å². The number of benzene rings is 3. The third-order valence-electron chi connectivity index (χ3n) is 9.70. The average molecular weight is 647 g/mol. The lowest BCUT2D eigenvalue weighted by Gasteiger charge is -2.24. The topological polar surface area (TPSA) is 107 Å². The van der Waals surface area contributed by atoms with Gasteiger partial charge >= 0.3 is 5.97 Å². The number of carbonyl (C=O) groups is 2. The number of esters is 1. The molecule has 0 atom stereocenters. The van der Waals surface area contributed by atoms with Gasteiger partial charge in [0.15, 0.2) is 0 Å². The molecule has 1 fully saturated rings. The molecule has 9 nitrogen and oxygen atoms in total. The van der Waals surface area contributed by atoms with Crippen molar-refractivity contribution in [3.63, 3.8) is 0 Å². The highest BCUT2D eigenvalue weighted by atomic mass is 16.5. The summed E-state index contributed by atoms with van der Waals surface area (Å²) in [6, 6.07) is 19.4. The van der Waals surface area contributed by atoms with Crippen LogP contribution in [0, 0.1) is 0 Å². The monoisotopic (exact) mass is 646 g/mol. The molecular weight excluding hydrogens is 604 g/mol. The van der Waals surface area contributed by atoms with Crippen molar-refractivity contribution in [2.24, 2.45) is 0 Å². The van der Waals surface area contributed by atoms with Crippen LogP contribution in [0.2, 0.25) is 0 Å². The van der Waals surface area contributed by atoms with Crippen LogP contribution in [0.5, 0.6) is 11.5 Å². The number of nitrogens with zero attached hydrogens (tertiary/aromatic N) is 2. The molecule has 48 heavy (non-hydrogen) atoms. The van der Waals surface area contributed by atoms with Gasteiger partial charge in [-0.3, -0.25) is 4.79 Å². The molecular formula is C39H42N4O5. The van der Waals surface area contributed by atoms with Crippen molar-refractivity contribution in [3.8, 4) is 34.0 Å². The number of amides is 1. The van der Waals surface area contributed by atoms with E-state index in [-0.39, 0.29) is 11.9 Å². The molecule has 2 aliphatic rings. The van der Waals surface area contributed by atoms with Crippen LogP contribution in [-0.4, -0.2) is 46.7 Å². The summed E-state index contributed by atoms with van der Waals surface area (Å²) in [5.41, 5.74) is 6.65. The van der Waals surface area contributed by atoms with E-state index in [2.05, 4.69) is 32.0 Å². The fourth-order valence-corrected chi connectivity index (χ4v) is 7.24. The predicted molar refractivity (Wildman–Crippen MR) is 186 cm³/mol. The lowest BCUT2D eigenvalue weighted by molar-refractivity contribution is 0.0526. The van der Waals surface area contributed by atoms with Gasteiger partial charge in [0, 0.05) is 28.1 Å². The molecule has 2 N–H and O–H groups in total. The SMILES string of the molecule is CCOC(=O)c1ccc(-c2cnc(C(C)(C)NC(=O)c3ccc4c(C5CCCCC5)c5n(c4c3)CCOc3cc(OC)ccc3-5)[nH]2)cc1. The quantitative estimate of drug-likeness (QED) is 0.166. The fraction of sp³-hybridized carbons (Fsp3) is 0.359. The standard InChI is InChI=1S/C39H42N4O5/c1-5-47-37(45)26-13-11-24(12-14-26)31-23-40-38(41-31)39(2,3)42-36(44)27-15-17-29-32(21-27)43-19-20-48-33-22-28(46-4)16-18-30(33)35(43)34(29)25-9-7-6-8-10-25/h11-18,21-23,25H,5-10,19-20H2,1-4H3,(H,40,41)(H,42,44). The summed E-state index contributed by atoms with van der Waals surface area (Å²) >= 11 is 0. The van der Waals surface area contributed by atoms with Crippen LogP contribution in [0.4, 0.5) is 0 Å². The first-order chi connectivity index (χ1) is 23.3. The first kappa shape index (κ1) is 31.5. The molecule has 1 aliphatic heterocycles. The Bertz CT molecular complexity index is 1980. The van der Waals surface area contributed by atoms with Gasteiger partial charge in [0.2, 0.25) is 0 Å². The first-order valence-corrected chi connectivity index (χ1v) is 16.9. The number of aromatic amines is 1. The van der Waals surface area contributed by atoms with Gasteiger partial charge in [0.1, 0.15) is 23.9 Å². The van der Waals surface area contributed by atoms with Crippen LogP contribution in [0.25, 0.3) is 33.4 Å². The van der Waals surface area contributed by atoms with E-state index >= 15 is 0 Å². The van der Waals surface area contributed by atoms with E-state index < -0.39 is 5.54 Å². The summed E-state index contributed by atoms with van der Waals surface area (Å²) in [4.78, 5) is 33.9. The Morgan fingerprint density at radius 2 is 1.79 bits per heavy atom. The van der Waals surface area contributed by atoms with Crippen molar-refractivity contribution in [2.45, 2.75) is 70.9 Å². The van der Waals surface area contributed by atoms with Crippen molar-refractivity contribution < 1.29 is 23.8 Å². The lowest BCUT2D eigenvalue weighted by atomic mass is 9.81. The molecule has 248 valence electrons. The highest BCUT2D eigenvalue weighted by Crippen LogP contribution is 2.47. The number of H-pyrrole nitrogens is 1. The number of rotatable bonds is 8. The van der Waals surface area contributed by atoms with Crippen molar-refractivity contribution in [2.75, 3.05) is 20.3 Å². The van der Waals surface area contributed by atoms with Crippen molar-refractivity contribution in [3.05, 3.63) is 89.4 Å². The largest absolute Gasteiger partial charge is 0.497 e. The number of carbonyl (C=O) groups excluding carboxylic acids is 2. The maximum absolute atomic E-state index is 13.9. The molecule has 0 radical (unpaired) electrons. The Morgan fingerprint density at radius 1 is 1.02 bits per heavy atom. The maximum Gasteiger partial charge on any atom is 0.338 e. The summed E-state index contributed by atoms with van der Waals surface area (Å²) < 4.78 is 19.2. The van der Waals surface area contributed by atoms with Gasteiger partial charge in [-0.1, -0.05) is 37.5 Å². The minimum atomic E-state index is -0.787. The molecule has 2 aromatic heterocycles. The Hall–Kier alpha value is -5.05. The molecule has 0 bridgehead atoms. The predicted octanol–water partition coefficient (Wildman–Crippen LogP) is 7.99. The Kier molecular flexibility index (Phi) is 8.45. The van der Waals surface area contributed by atoms with Gasteiger partial charge in [-0.15, -0.1) is 0 Å². The molecule has 1 amide bonds. The van der Waals surface area contributed by atoms with E-state index in [0.29, 0.717) is 42.6 Å². The number of methoxy groups -OCH3 is 1. The molecule has 9 heteroatoms. The summed E-state index contributed by atoms with van der Waals surface area (Å²) in [6.07, 6.45) is 7.80. The van der Waals surface area contributed by atoms with Gasteiger partial charge in [-0.25, -0.2) is 9.78 Å². The minimum absolute atomic E-state index is 0.177. The molecule has 5 aromatic rings. The van der Waals surface area contributed by atoms with Gasteiger partial charge in [-0.05, 0) is 87.1 Å². The molecule has 0 spiro atoms. The molecule has 3 aromatic carbocycles. The fourth-order valence-electron chi connectivity index (χ4n) is 7.24. The second-order valence-corrected chi connectivity index (χ2v) is 13.2. The van der Waals surface area contributed by atoms with E-state index in [1.54, 1.807) is 32.4 Å². The number of fused-ring (bicyclic) bond motifs is 5. The third-order valence-corrected chi connectivity index (χ3v) is 9.70. The molecule has 7 rings (SSSR count). The van der Waals surface area contributed by atoms with Gasteiger partial charge in [-0.2, -0.15) is 0 Å². The zero-order valence-electron chi connectivity index (χ0n) is 28.0. The minimum Gasteiger partial charge on any atom is -0.497 e. The van der Waals surface area contributed by atoms with Crippen molar-refractivity contribution >= 4 is 22.8 Å². The van der Waals surface area contributed by atoms with E-state index in [1.165, 1.54) is 35.9 Å². The van der Waals surface area contributed by atoms with Gasteiger partial charge in [0.05, 0.1) is 48.9 Å². The number of nitrogens with one attached hydrogen (secondary N) is 2. The van der Waals surface area contributed by atoms with Crippen LogP contribution in [0.1, 0.15) is 90.9 Å². The molecule has 3 heterocycles. The number of ether oxygens (including phenoxy) is 3. The summed E-state index contributed by atoms with van der Waals surface area (Å²) in [7, 11) is 1.68. The number of hydrogen-bond acceptors (Lipinski definition) is 6. The molecule has 0 saturated heterocycles. The smallest absolute Gasteiger partial charge is 0.338 e. The van der Waals surface area contributed by atoms with E-state index in [1.807, 2.05) is 50.2 Å². The zero-order chi connectivity index (χ0) is 33.4. The molecule has 1 saturated carbocycles. The Balaban J connectivity index is 1.19. The van der Waals surface area contributed by atoms with E-state index in [9.17, 15) is 9.59 Å². The third kappa shape index (κ3) is 5.82. The second-order valence-electron chi connectivity index (χ2n) is 13.2. The highest BCUT2D eigenvalue weighted by Gasteiger charge is 2.31. The number of imidazole rings is 1. The number of hydrogen-bond donors (Lipinski definition) is 2. The lowest BCUT2D eigenvalue weighted by Crippen LogP contribution is -2.41. The average Bonchev–Trinajstić information content (AvgIpc) is 3.68. The maximum atomic E-state index is 13.9. The summed E-state index contributed by atoms with van der Waals surface area (Å²) in [5.74, 6) is 2.16. The Labute approximate surface area is 280 Å². The van der Waals surface area contributed by atoms with Crippen LogP contribution < -0.4 is 14.8 Å². The summed E-state index contributed by atoms with van der Waals surface area (Å²) in [6.45, 7) is 7.19. The van der Waals surface area contributed by atoms with Crippen molar-refractivity contribution in [1.29, 1.82) is 0 Å². The van der Waals surface area contributed by atoms with E-state index in [0.717, 1.165) is 46.7 Å². The van der Waals surface area contributed by atoms with E-state index in [4.69, 9.17) is 14.2 Å². The van der Waals surface area contributed by atoms with Crippen LogP contribution in [0.3, 0.4) is 0 Å². The number of aromatic nitrogens is 3. The van der Waals surface area contributed by atoms with Crippen LogP contribution in [-0.2, 0) is 16.8 Å². The molecule has 1 aliphatic carbocycles. The zero-order valence-corrected chi connectivity index (χ0v) is 28.0.